The number of rotatable bonds is 2. The summed E-state index contributed by atoms with van der Waals surface area (Å²) in [5, 5.41) is 18.3. The van der Waals surface area contributed by atoms with Crippen molar-refractivity contribution in [2.75, 3.05) is 0 Å². The lowest BCUT2D eigenvalue weighted by Gasteiger charge is -2.07. The minimum atomic E-state index is -0.997. The molecule has 21 heavy (non-hydrogen) atoms. The van der Waals surface area contributed by atoms with Gasteiger partial charge >= 0.3 is 5.97 Å². The fourth-order valence-electron chi connectivity index (χ4n) is 2.11. The predicted molar refractivity (Wildman–Crippen MR) is 77.8 cm³/mol. The summed E-state index contributed by atoms with van der Waals surface area (Å²) in [5.74, 6) is -0.997. The van der Waals surface area contributed by atoms with Crippen LogP contribution in [0.15, 0.2) is 42.7 Å². The average molecular weight is 298 g/mol. The smallest absolute Gasteiger partial charge is 0.335 e. The van der Waals surface area contributed by atoms with Crippen LogP contribution in [-0.4, -0.2) is 20.6 Å². The Balaban J connectivity index is 2.18. The summed E-state index contributed by atoms with van der Waals surface area (Å²) in [6, 6.07) is 11.7. The van der Waals surface area contributed by atoms with Crippen molar-refractivity contribution in [3.05, 3.63) is 58.9 Å². The number of fused-ring (bicyclic) bond motifs is 1. The Morgan fingerprint density at radius 3 is 2.76 bits per heavy atom. The fraction of sp³-hybridized carbons (Fsp3) is 0. The third-order valence-corrected chi connectivity index (χ3v) is 3.43. The van der Waals surface area contributed by atoms with Gasteiger partial charge in [-0.1, -0.05) is 11.6 Å². The zero-order chi connectivity index (χ0) is 15.0. The van der Waals surface area contributed by atoms with Crippen LogP contribution in [0.1, 0.15) is 15.9 Å². The molecular weight excluding hydrogens is 290 g/mol. The molecule has 102 valence electrons. The Labute approximate surface area is 124 Å². The van der Waals surface area contributed by atoms with Crippen LogP contribution in [0, 0.1) is 11.3 Å². The summed E-state index contributed by atoms with van der Waals surface area (Å²) in [6.45, 7) is 0. The number of nitriles is 1. The van der Waals surface area contributed by atoms with Gasteiger partial charge in [-0.2, -0.15) is 5.26 Å². The number of aromatic nitrogens is 2. The number of carboxylic acid groups (broad SMARTS) is 1. The Kier molecular flexibility index (Phi) is 3.09. The molecular formula is C15H8ClN3O2. The highest BCUT2D eigenvalue weighted by molar-refractivity contribution is 6.32. The molecule has 0 saturated heterocycles. The molecule has 0 atom stereocenters. The third-order valence-electron chi connectivity index (χ3n) is 3.13. The molecule has 0 aliphatic rings. The van der Waals surface area contributed by atoms with Crippen LogP contribution < -0.4 is 0 Å². The van der Waals surface area contributed by atoms with E-state index >= 15 is 0 Å². The van der Waals surface area contributed by atoms with E-state index in [9.17, 15) is 4.79 Å². The average Bonchev–Trinajstić information content (AvgIpc) is 2.89. The minimum absolute atomic E-state index is 0.179. The van der Waals surface area contributed by atoms with E-state index in [2.05, 4.69) is 4.98 Å². The zero-order valence-corrected chi connectivity index (χ0v) is 11.4. The van der Waals surface area contributed by atoms with E-state index in [1.807, 2.05) is 6.07 Å². The summed E-state index contributed by atoms with van der Waals surface area (Å²) < 4.78 is 1.75. The summed E-state index contributed by atoms with van der Waals surface area (Å²) in [7, 11) is 0. The maximum Gasteiger partial charge on any atom is 0.335 e. The molecule has 0 saturated carbocycles. The molecule has 0 bridgehead atoms. The first-order chi connectivity index (χ1) is 10.1. The van der Waals surface area contributed by atoms with Gasteiger partial charge in [-0.05, 0) is 36.4 Å². The van der Waals surface area contributed by atoms with Gasteiger partial charge in [0.1, 0.15) is 6.33 Å². The lowest BCUT2D eigenvalue weighted by Crippen LogP contribution is -1.97. The van der Waals surface area contributed by atoms with Gasteiger partial charge in [0.15, 0.2) is 0 Å². The van der Waals surface area contributed by atoms with Gasteiger partial charge in [-0.25, -0.2) is 9.78 Å². The normalized spacial score (nSPS) is 10.5. The van der Waals surface area contributed by atoms with Gasteiger partial charge in [-0.15, -0.1) is 0 Å². The van der Waals surface area contributed by atoms with E-state index in [0.29, 0.717) is 21.8 Å². The zero-order valence-electron chi connectivity index (χ0n) is 10.6. The molecule has 0 aliphatic heterocycles. The summed E-state index contributed by atoms with van der Waals surface area (Å²) in [6.07, 6.45) is 1.57. The van der Waals surface area contributed by atoms with E-state index < -0.39 is 5.97 Å². The number of aromatic carboxylic acids is 1. The molecule has 0 spiro atoms. The summed E-state index contributed by atoms with van der Waals surface area (Å²) >= 11 is 6.19. The topological polar surface area (TPSA) is 78.9 Å². The highest BCUT2D eigenvalue weighted by Crippen LogP contribution is 2.26. The van der Waals surface area contributed by atoms with Gasteiger partial charge < -0.3 is 5.11 Å². The van der Waals surface area contributed by atoms with Crippen molar-refractivity contribution in [2.45, 2.75) is 0 Å². The first kappa shape index (κ1) is 13.2. The lowest BCUT2D eigenvalue weighted by atomic mass is 10.2. The van der Waals surface area contributed by atoms with Crippen molar-refractivity contribution in [2.24, 2.45) is 0 Å². The van der Waals surface area contributed by atoms with Crippen molar-refractivity contribution in [3.8, 4) is 11.8 Å². The first-order valence-electron chi connectivity index (χ1n) is 6.00. The first-order valence-corrected chi connectivity index (χ1v) is 6.38. The Morgan fingerprint density at radius 2 is 2.10 bits per heavy atom. The van der Waals surface area contributed by atoms with E-state index in [-0.39, 0.29) is 5.56 Å². The largest absolute Gasteiger partial charge is 0.478 e. The van der Waals surface area contributed by atoms with Crippen LogP contribution in [0.5, 0.6) is 0 Å². The van der Waals surface area contributed by atoms with Crippen LogP contribution in [0.2, 0.25) is 5.02 Å². The Hall–Kier alpha value is -2.84. The monoisotopic (exact) mass is 297 g/mol. The maximum absolute atomic E-state index is 11.0. The van der Waals surface area contributed by atoms with Crippen LogP contribution in [0.25, 0.3) is 16.7 Å². The fourth-order valence-corrected chi connectivity index (χ4v) is 2.38. The molecule has 1 heterocycles. The van der Waals surface area contributed by atoms with E-state index in [0.717, 1.165) is 5.52 Å². The molecule has 0 radical (unpaired) electrons. The van der Waals surface area contributed by atoms with Crippen molar-refractivity contribution in [1.82, 2.24) is 9.55 Å². The van der Waals surface area contributed by atoms with E-state index in [4.69, 9.17) is 22.0 Å². The number of nitrogens with zero attached hydrogens (tertiary/aromatic N) is 3. The molecule has 5 nitrogen and oxygen atoms in total. The lowest BCUT2D eigenvalue weighted by molar-refractivity contribution is 0.0697. The van der Waals surface area contributed by atoms with Gasteiger partial charge in [0.25, 0.3) is 0 Å². The Bertz CT molecular complexity index is 909. The molecule has 0 fully saturated rings. The third kappa shape index (κ3) is 2.22. The standard InChI is InChI=1S/C15H8ClN3O2/c16-11-5-9(7-17)1-3-13(11)19-8-18-12-6-10(15(20)21)2-4-14(12)19/h1-6,8H,(H,20,21). The molecule has 2 aromatic carbocycles. The summed E-state index contributed by atoms with van der Waals surface area (Å²) in [5.41, 5.74) is 2.64. The minimum Gasteiger partial charge on any atom is -0.478 e. The van der Waals surface area contributed by atoms with Gasteiger partial charge in [-0.3, -0.25) is 4.57 Å². The van der Waals surface area contributed by atoms with Gasteiger partial charge in [0, 0.05) is 0 Å². The number of carbonyl (C=O) groups is 1. The molecule has 3 aromatic rings. The number of imidazole rings is 1. The van der Waals surface area contributed by atoms with Gasteiger partial charge in [0.05, 0.1) is 38.9 Å². The van der Waals surface area contributed by atoms with Crippen molar-refractivity contribution in [3.63, 3.8) is 0 Å². The van der Waals surface area contributed by atoms with E-state index in [1.165, 1.54) is 12.1 Å². The van der Waals surface area contributed by atoms with Crippen molar-refractivity contribution in [1.29, 1.82) is 5.26 Å². The molecule has 1 N–H and O–H groups in total. The number of halogens is 1. The number of hydrogen-bond donors (Lipinski definition) is 1. The van der Waals surface area contributed by atoms with Gasteiger partial charge in [0.2, 0.25) is 0 Å². The molecule has 3 rings (SSSR count). The second-order valence-corrected chi connectivity index (χ2v) is 4.81. The van der Waals surface area contributed by atoms with E-state index in [1.54, 1.807) is 35.2 Å². The Morgan fingerprint density at radius 1 is 1.29 bits per heavy atom. The number of hydrogen-bond acceptors (Lipinski definition) is 3. The SMILES string of the molecule is N#Cc1ccc(-n2cnc3cc(C(=O)O)ccc32)c(Cl)c1. The van der Waals surface area contributed by atoms with Crippen LogP contribution in [-0.2, 0) is 0 Å². The molecule has 0 aliphatic carbocycles. The van der Waals surface area contributed by atoms with Crippen LogP contribution >= 0.6 is 11.6 Å². The maximum atomic E-state index is 11.0. The quantitative estimate of drug-likeness (QED) is 0.787. The number of benzene rings is 2. The predicted octanol–water partition coefficient (Wildman–Crippen LogP) is 3.25. The molecule has 0 amide bonds. The van der Waals surface area contributed by atoms with Crippen molar-refractivity contribution < 1.29 is 9.90 Å². The van der Waals surface area contributed by atoms with Crippen LogP contribution in [0.3, 0.4) is 0 Å². The highest BCUT2D eigenvalue weighted by Gasteiger charge is 2.11. The molecule has 1 aromatic heterocycles. The second-order valence-electron chi connectivity index (χ2n) is 4.40. The molecule has 6 heteroatoms. The molecule has 0 unspecified atom stereocenters. The second kappa shape index (κ2) is 4.93. The van der Waals surface area contributed by atoms with Crippen molar-refractivity contribution >= 4 is 28.6 Å². The number of carboxylic acids is 1. The van der Waals surface area contributed by atoms with Crippen LogP contribution in [0.4, 0.5) is 0 Å². The highest BCUT2D eigenvalue weighted by atomic mass is 35.5. The summed E-state index contributed by atoms with van der Waals surface area (Å²) in [4.78, 5) is 15.2.